The van der Waals surface area contributed by atoms with Gasteiger partial charge in [-0.15, -0.1) is 0 Å². The summed E-state index contributed by atoms with van der Waals surface area (Å²) in [6.07, 6.45) is 5.14. The van der Waals surface area contributed by atoms with Crippen molar-refractivity contribution in [1.82, 2.24) is 15.0 Å². The molecule has 124 valence electrons. The smallest absolute Gasteiger partial charge is 0.316 e. The molecule has 2 aliphatic rings. The van der Waals surface area contributed by atoms with Gasteiger partial charge < -0.3 is 9.64 Å². The monoisotopic (exact) mass is 318 g/mol. The summed E-state index contributed by atoms with van der Waals surface area (Å²) in [6, 6.07) is 4.08. The highest BCUT2D eigenvalue weighted by Crippen LogP contribution is 2.22. The molecular weight excluding hydrogens is 296 g/mol. The fourth-order valence-corrected chi connectivity index (χ4v) is 3.32. The fraction of sp³-hybridized carbons (Fsp3) is 0.562. The van der Waals surface area contributed by atoms with Crippen LogP contribution in [0.1, 0.15) is 12.8 Å². The summed E-state index contributed by atoms with van der Waals surface area (Å²) >= 11 is 0. The van der Waals surface area contributed by atoms with E-state index in [0.29, 0.717) is 0 Å². The van der Waals surface area contributed by atoms with E-state index in [4.69, 9.17) is 0 Å². The predicted octanol–water partition coefficient (Wildman–Crippen LogP) is 0.530. The van der Waals surface area contributed by atoms with Crippen LogP contribution in [-0.4, -0.2) is 66.7 Å². The molecular formula is C16H22N4O3. The van der Waals surface area contributed by atoms with Gasteiger partial charge in [0.1, 0.15) is 0 Å². The third-order valence-corrected chi connectivity index (χ3v) is 4.65. The number of esters is 1. The summed E-state index contributed by atoms with van der Waals surface area (Å²) in [5.41, 5.74) is 1.22. The average molecular weight is 318 g/mol. The zero-order valence-electron chi connectivity index (χ0n) is 13.1. The van der Waals surface area contributed by atoms with Crippen LogP contribution >= 0.6 is 0 Å². The van der Waals surface area contributed by atoms with Crippen LogP contribution in [0, 0.1) is 5.92 Å². The molecule has 0 radical (unpaired) electrons. The standard InChI is InChI=1S/C16H22N4O3/c21-13-23-16(22)14-3-7-19(8-4-14)20-11-9-18(10-12-20)15-1-5-17-6-2-15/h1-2,5-6,13-14H,3-4,7-12H2. The van der Waals surface area contributed by atoms with Gasteiger partial charge in [-0.25, -0.2) is 10.0 Å². The van der Waals surface area contributed by atoms with E-state index in [-0.39, 0.29) is 18.4 Å². The van der Waals surface area contributed by atoms with Gasteiger partial charge in [0, 0.05) is 57.3 Å². The zero-order chi connectivity index (χ0) is 16.1. The lowest BCUT2D eigenvalue weighted by Crippen LogP contribution is -2.56. The van der Waals surface area contributed by atoms with Crippen molar-refractivity contribution in [3.8, 4) is 0 Å². The number of hydrogen-bond acceptors (Lipinski definition) is 7. The quantitative estimate of drug-likeness (QED) is 0.456. The molecule has 0 unspecified atom stereocenters. The van der Waals surface area contributed by atoms with E-state index in [2.05, 4.69) is 24.6 Å². The van der Waals surface area contributed by atoms with Crippen molar-refractivity contribution in [1.29, 1.82) is 0 Å². The molecule has 0 N–H and O–H groups in total. The first-order valence-corrected chi connectivity index (χ1v) is 8.07. The van der Waals surface area contributed by atoms with E-state index in [0.717, 1.165) is 52.1 Å². The second-order valence-corrected chi connectivity index (χ2v) is 5.91. The zero-order valence-corrected chi connectivity index (χ0v) is 13.1. The van der Waals surface area contributed by atoms with Crippen LogP contribution in [0.3, 0.4) is 0 Å². The SMILES string of the molecule is O=COC(=O)C1CCN(N2CCN(c3ccncc3)CC2)CC1. The second kappa shape index (κ2) is 7.52. The lowest BCUT2D eigenvalue weighted by Gasteiger charge is -2.44. The molecule has 23 heavy (non-hydrogen) atoms. The van der Waals surface area contributed by atoms with Gasteiger partial charge in [0.05, 0.1) is 5.92 Å². The Balaban J connectivity index is 1.46. The van der Waals surface area contributed by atoms with E-state index in [1.54, 1.807) is 0 Å². The largest absolute Gasteiger partial charge is 0.395 e. The van der Waals surface area contributed by atoms with Gasteiger partial charge in [-0.1, -0.05) is 0 Å². The van der Waals surface area contributed by atoms with Gasteiger partial charge in [-0.05, 0) is 25.0 Å². The van der Waals surface area contributed by atoms with E-state index in [1.807, 2.05) is 24.5 Å². The summed E-state index contributed by atoms with van der Waals surface area (Å²) in [7, 11) is 0. The molecule has 0 aromatic carbocycles. The van der Waals surface area contributed by atoms with Gasteiger partial charge in [-0.2, -0.15) is 0 Å². The normalized spacial score (nSPS) is 21.1. The predicted molar refractivity (Wildman–Crippen MR) is 84.5 cm³/mol. The van der Waals surface area contributed by atoms with Crippen LogP contribution in [0.5, 0.6) is 0 Å². The summed E-state index contributed by atoms with van der Waals surface area (Å²) in [6.45, 7) is 5.83. The van der Waals surface area contributed by atoms with Crippen molar-refractivity contribution in [2.45, 2.75) is 12.8 Å². The molecule has 0 spiro atoms. The number of hydrazine groups is 1. The Morgan fingerprint density at radius 3 is 2.26 bits per heavy atom. The Morgan fingerprint density at radius 1 is 1.04 bits per heavy atom. The maximum Gasteiger partial charge on any atom is 0.316 e. The van der Waals surface area contributed by atoms with Gasteiger partial charge in [0.15, 0.2) is 0 Å². The summed E-state index contributed by atoms with van der Waals surface area (Å²) in [5.74, 6) is -0.531. The number of hydrogen-bond donors (Lipinski definition) is 0. The number of pyridine rings is 1. The summed E-state index contributed by atoms with van der Waals surface area (Å²) < 4.78 is 4.46. The minimum Gasteiger partial charge on any atom is -0.395 e. The number of aromatic nitrogens is 1. The highest BCUT2D eigenvalue weighted by Gasteiger charge is 2.30. The molecule has 1 aromatic rings. The van der Waals surface area contributed by atoms with E-state index in [1.165, 1.54) is 5.69 Å². The fourth-order valence-electron chi connectivity index (χ4n) is 3.32. The molecule has 7 nitrogen and oxygen atoms in total. The summed E-state index contributed by atoms with van der Waals surface area (Å²) in [4.78, 5) is 28.3. The van der Waals surface area contributed by atoms with Gasteiger partial charge >= 0.3 is 12.4 Å². The molecule has 0 amide bonds. The van der Waals surface area contributed by atoms with Crippen LogP contribution in [0.25, 0.3) is 0 Å². The Kier molecular flexibility index (Phi) is 5.19. The highest BCUT2D eigenvalue weighted by molar-refractivity contribution is 5.78. The van der Waals surface area contributed by atoms with Gasteiger partial charge in [0.2, 0.25) is 0 Å². The van der Waals surface area contributed by atoms with Crippen molar-refractivity contribution < 1.29 is 14.3 Å². The number of anilines is 1. The van der Waals surface area contributed by atoms with Crippen LogP contribution < -0.4 is 4.90 Å². The maximum absolute atomic E-state index is 11.6. The van der Waals surface area contributed by atoms with E-state index in [9.17, 15) is 9.59 Å². The van der Waals surface area contributed by atoms with Crippen molar-refractivity contribution in [3.05, 3.63) is 24.5 Å². The van der Waals surface area contributed by atoms with Crippen molar-refractivity contribution >= 4 is 18.1 Å². The molecule has 2 fully saturated rings. The third kappa shape index (κ3) is 3.86. The van der Waals surface area contributed by atoms with Crippen LogP contribution in [-0.2, 0) is 14.3 Å². The maximum atomic E-state index is 11.6. The number of piperazine rings is 1. The number of carbonyl (C=O) groups excluding carboxylic acids is 2. The topological polar surface area (TPSA) is 66.0 Å². The van der Waals surface area contributed by atoms with Gasteiger partial charge in [-0.3, -0.25) is 14.6 Å². The number of rotatable bonds is 4. The van der Waals surface area contributed by atoms with Gasteiger partial charge in [0.25, 0.3) is 0 Å². The Hall–Kier alpha value is -1.99. The Labute approximate surface area is 135 Å². The average Bonchev–Trinajstić information content (AvgIpc) is 2.63. The first kappa shape index (κ1) is 15.9. The molecule has 0 saturated carbocycles. The number of piperidine rings is 1. The number of carbonyl (C=O) groups is 2. The number of ether oxygens (including phenoxy) is 1. The van der Waals surface area contributed by atoms with Crippen LogP contribution in [0.4, 0.5) is 5.69 Å². The summed E-state index contributed by atoms with van der Waals surface area (Å²) in [5, 5.41) is 4.70. The van der Waals surface area contributed by atoms with Crippen molar-refractivity contribution in [2.75, 3.05) is 44.2 Å². The molecule has 3 heterocycles. The minimum absolute atomic E-state index is 0.144. The molecule has 1 aromatic heterocycles. The van der Waals surface area contributed by atoms with Crippen molar-refractivity contribution in [2.24, 2.45) is 5.92 Å². The first-order valence-electron chi connectivity index (χ1n) is 8.07. The number of nitrogens with zero attached hydrogens (tertiary/aromatic N) is 4. The Morgan fingerprint density at radius 2 is 1.65 bits per heavy atom. The molecule has 7 heteroatoms. The Bertz CT molecular complexity index is 523. The highest BCUT2D eigenvalue weighted by atomic mass is 16.6. The second-order valence-electron chi connectivity index (χ2n) is 5.91. The molecule has 2 saturated heterocycles. The molecule has 2 aliphatic heterocycles. The lowest BCUT2D eigenvalue weighted by molar-refractivity contribution is -0.157. The molecule has 0 aliphatic carbocycles. The van der Waals surface area contributed by atoms with Crippen LogP contribution in [0.15, 0.2) is 24.5 Å². The first-order chi connectivity index (χ1) is 11.3. The van der Waals surface area contributed by atoms with Crippen LogP contribution in [0.2, 0.25) is 0 Å². The van der Waals surface area contributed by atoms with E-state index >= 15 is 0 Å². The molecule has 0 bridgehead atoms. The lowest BCUT2D eigenvalue weighted by atomic mass is 9.98. The molecule has 0 atom stereocenters. The van der Waals surface area contributed by atoms with E-state index < -0.39 is 0 Å². The minimum atomic E-state index is -0.387. The van der Waals surface area contributed by atoms with Crippen molar-refractivity contribution in [3.63, 3.8) is 0 Å². The third-order valence-electron chi connectivity index (χ3n) is 4.65. The molecule has 3 rings (SSSR count).